The van der Waals surface area contributed by atoms with Crippen molar-refractivity contribution in [2.45, 2.75) is 31.3 Å². The maximum absolute atomic E-state index is 13.0. The van der Waals surface area contributed by atoms with Gasteiger partial charge in [-0.05, 0) is 23.4 Å². The molecule has 0 N–H and O–H groups in total. The van der Waals surface area contributed by atoms with Gasteiger partial charge < -0.3 is 9.47 Å². The Morgan fingerprint density at radius 2 is 1.89 bits per heavy atom. The molecule has 2 aromatic rings. The second-order valence-corrected chi connectivity index (χ2v) is 7.13. The number of ether oxygens (including phenoxy) is 2. The summed E-state index contributed by atoms with van der Waals surface area (Å²) in [5.41, 5.74) is -0.496. The molecule has 0 amide bonds. The molecule has 10 heteroatoms. The van der Waals surface area contributed by atoms with Gasteiger partial charge in [-0.15, -0.1) is 0 Å². The fraction of sp³-hybridized carbons (Fsp3) is 0.412. The van der Waals surface area contributed by atoms with Crippen LogP contribution in [0.3, 0.4) is 0 Å². The number of rotatable bonds is 8. The highest BCUT2D eigenvalue weighted by molar-refractivity contribution is 7.99. The second-order valence-electron chi connectivity index (χ2n) is 5.46. The summed E-state index contributed by atoms with van der Waals surface area (Å²) in [7, 11) is 2.50. The number of halogens is 1. The Morgan fingerprint density at radius 3 is 2.44 bits per heavy atom. The molecule has 0 aliphatic carbocycles. The quantitative estimate of drug-likeness (QED) is 0.477. The maximum Gasteiger partial charge on any atom is 0.354 e. The predicted molar refractivity (Wildman–Crippen MR) is 103 cm³/mol. The van der Waals surface area contributed by atoms with E-state index in [1.807, 2.05) is 6.92 Å². The highest BCUT2D eigenvalue weighted by Crippen LogP contribution is 2.15. The van der Waals surface area contributed by atoms with Crippen molar-refractivity contribution in [3.8, 4) is 0 Å². The van der Waals surface area contributed by atoms with Crippen LogP contribution in [0.2, 0.25) is 5.02 Å². The first-order valence-corrected chi connectivity index (χ1v) is 9.47. The number of hydrogen-bond acceptors (Lipinski definition) is 7. The standard InChI is InChI=1S/C17H20ClN3O5S/c1-4-27-16-19-15(23)20(10-13(25-2)14(22)26-3)17(24)21(16)9-11-5-7-12(18)8-6-11/h5-8,13H,4,9-10H2,1-3H3. The van der Waals surface area contributed by atoms with Crippen molar-refractivity contribution < 1.29 is 14.3 Å². The van der Waals surface area contributed by atoms with E-state index in [4.69, 9.17) is 16.3 Å². The number of benzene rings is 1. The lowest BCUT2D eigenvalue weighted by molar-refractivity contribution is -0.153. The first-order valence-electron chi connectivity index (χ1n) is 8.10. The van der Waals surface area contributed by atoms with Crippen LogP contribution in [0.25, 0.3) is 0 Å². The molecule has 27 heavy (non-hydrogen) atoms. The third-order valence-electron chi connectivity index (χ3n) is 3.74. The Bertz CT molecular complexity index is 910. The molecule has 0 aliphatic heterocycles. The molecule has 1 heterocycles. The van der Waals surface area contributed by atoms with Crippen LogP contribution >= 0.6 is 23.4 Å². The van der Waals surface area contributed by atoms with Crippen LogP contribution in [0.1, 0.15) is 12.5 Å². The van der Waals surface area contributed by atoms with Crippen LogP contribution in [-0.4, -0.2) is 46.2 Å². The highest BCUT2D eigenvalue weighted by Gasteiger charge is 2.23. The van der Waals surface area contributed by atoms with Crippen molar-refractivity contribution in [2.24, 2.45) is 0 Å². The van der Waals surface area contributed by atoms with E-state index < -0.39 is 23.5 Å². The summed E-state index contributed by atoms with van der Waals surface area (Å²) in [6.07, 6.45) is -1.09. The minimum absolute atomic E-state index is 0.210. The Hall–Kier alpha value is -2.10. The average molecular weight is 414 g/mol. The monoisotopic (exact) mass is 413 g/mol. The number of aromatic nitrogens is 3. The summed E-state index contributed by atoms with van der Waals surface area (Å²) in [4.78, 5) is 41.1. The molecule has 0 bridgehead atoms. The Morgan fingerprint density at radius 1 is 1.22 bits per heavy atom. The lowest BCUT2D eigenvalue weighted by Gasteiger charge is -2.17. The van der Waals surface area contributed by atoms with Crippen molar-refractivity contribution in [1.29, 1.82) is 0 Å². The van der Waals surface area contributed by atoms with Crippen molar-refractivity contribution in [3.05, 3.63) is 55.8 Å². The summed E-state index contributed by atoms with van der Waals surface area (Å²) in [5, 5.41) is 0.893. The molecule has 2 rings (SSSR count). The van der Waals surface area contributed by atoms with Gasteiger partial charge in [0.25, 0.3) is 0 Å². The van der Waals surface area contributed by atoms with Crippen molar-refractivity contribution in [3.63, 3.8) is 0 Å². The van der Waals surface area contributed by atoms with E-state index in [-0.39, 0.29) is 13.1 Å². The van der Waals surface area contributed by atoms with Crippen molar-refractivity contribution >= 4 is 29.3 Å². The molecular formula is C17H20ClN3O5S. The summed E-state index contributed by atoms with van der Waals surface area (Å²) in [6, 6.07) is 7.01. The van der Waals surface area contributed by atoms with E-state index in [2.05, 4.69) is 9.72 Å². The van der Waals surface area contributed by atoms with Crippen LogP contribution in [0.15, 0.2) is 39.0 Å². The molecule has 0 spiro atoms. The third-order valence-corrected chi connectivity index (χ3v) is 4.85. The minimum Gasteiger partial charge on any atom is -0.467 e. The summed E-state index contributed by atoms with van der Waals surface area (Å²) >= 11 is 7.19. The van der Waals surface area contributed by atoms with E-state index in [0.717, 1.165) is 10.1 Å². The van der Waals surface area contributed by atoms with E-state index in [0.29, 0.717) is 15.9 Å². The Labute approximate surface area is 165 Å². The zero-order chi connectivity index (χ0) is 20.0. The minimum atomic E-state index is -1.09. The molecule has 0 fully saturated rings. The summed E-state index contributed by atoms with van der Waals surface area (Å²) in [5.74, 6) is -0.0422. The van der Waals surface area contributed by atoms with Gasteiger partial charge in [-0.2, -0.15) is 4.98 Å². The normalized spacial score (nSPS) is 12.0. The van der Waals surface area contributed by atoms with Crippen LogP contribution < -0.4 is 11.4 Å². The topological polar surface area (TPSA) is 92.4 Å². The molecule has 1 aromatic carbocycles. The van der Waals surface area contributed by atoms with Gasteiger partial charge in [0.2, 0.25) is 0 Å². The van der Waals surface area contributed by atoms with Gasteiger partial charge in [0.15, 0.2) is 11.3 Å². The number of hydrogen-bond donors (Lipinski definition) is 0. The number of methoxy groups -OCH3 is 2. The maximum atomic E-state index is 13.0. The van der Waals surface area contributed by atoms with Gasteiger partial charge in [-0.25, -0.2) is 19.0 Å². The van der Waals surface area contributed by atoms with E-state index in [9.17, 15) is 14.4 Å². The molecule has 146 valence electrons. The van der Waals surface area contributed by atoms with Gasteiger partial charge in [0.1, 0.15) is 0 Å². The van der Waals surface area contributed by atoms with Crippen molar-refractivity contribution in [1.82, 2.24) is 14.1 Å². The number of thioether (sulfide) groups is 1. The number of carbonyl (C=O) groups excluding carboxylic acids is 1. The van der Waals surface area contributed by atoms with Gasteiger partial charge in [0, 0.05) is 12.1 Å². The van der Waals surface area contributed by atoms with E-state index in [1.54, 1.807) is 24.3 Å². The fourth-order valence-corrected chi connectivity index (χ4v) is 3.18. The zero-order valence-corrected chi connectivity index (χ0v) is 16.7. The summed E-state index contributed by atoms with van der Waals surface area (Å²) < 4.78 is 11.9. The number of nitrogens with zero attached hydrogens (tertiary/aromatic N) is 3. The molecule has 0 saturated carbocycles. The van der Waals surface area contributed by atoms with Crippen LogP contribution in [0.4, 0.5) is 0 Å². The SMILES string of the molecule is CCSc1nc(=O)n(CC(OC)C(=O)OC)c(=O)n1Cc1ccc(Cl)cc1. The number of carbonyl (C=O) groups is 1. The highest BCUT2D eigenvalue weighted by atomic mass is 35.5. The largest absolute Gasteiger partial charge is 0.467 e. The second kappa shape index (κ2) is 9.72. The average Bonchev–Trinajstić information content (AvgIpc) is 2.66. The van der Waals surface area contributed by atoms with Gasteiger partial charge in [-0.1, -0.05) is 42.4 Å². The lowest BCUT2D eigenvalue weighted by atomic mass is 10.2. The first kappa shape index (κ1) is 21.2. The Kier molecular flexibility index (Phi) is 7.64. The van der Waals surface area contributed by atoms with E-state index >= 15 is 0 Å². The van der Waals surface area contributed by atoms with Gasteiger partial charge in [-0.3, -0.25) is 4.57 Å². The molecule has 0 aliphatic rings. The molecule has 0 radical (unpaired) electrons. The van der Waals surface area contributed by atoms with Crippen LogP contribution in [0, 0.1) is 0 Å². The fourth-order valence-electron chi connectivity index (χ4n) is 2.36. The van der Waals surface area contributed by atoms with Crippen LogP contribution in [-0.2, 0) is 27.4 Å². The molecule has 0 saturated heterocycles. The van der Waals surface area contributed by atoms with Gasteiger partial charge >= 0.3 is 17.3 Å². The van der Waals surface area contributed by atoms with Crippen molar-refractivity contribution in [2.75, 3.05) is 20.0 Å². The van der Waals surface area contributed by atoms with E-state index in [1.165, 1.54) is 30.5 Å². The lowest BCUT2D eigenvalue weighted by Crippen LogP contribution is -2.46. The smallest absolute Gasteiger partial charge is 0.354 e. The third kappa shape index (κ3) is 5.21. The zero-order valence-electron chi connectivity index (χ0n) is 15.2. The molecule has 1 aromatic heterocycles. The molecule has 8 nitrogen and oxygen atoms in total. The predicted octanol–water partition coefficient (Wildman–Crippen LogP) is 1.41. The number of esters is 1. The Balaban J connectivity index is 2.50. The molecule has 1 unspecified atom stereocenters. The molecular weight excluding hydrogens is 394 g/mol. The molecule has 1 atom stereocenters. The summed E-state index contributed by atoms with van der Waals surface area (Å²) in [6.45, 7) is 1.82. The first-order chi connectivity index (χ1) is 12.9. The van der Waals surface area contributed by atoms with Crippen LogP contribution in [0.5, 0.6) is 0 Å². The van der Waals surface area contributed by atoms with Gasteiger partial charge in [0.05, 0.1) is 20.2 Å².